The van der Waals surface area contributed by atoms with Crippen LogP contribution in [0.2, 0.25) is 0 Å². The van der Waals surface area contributed by atoms with Crippen molar-refractivity contribution in [2.45, 2.75) is 33.1 Å². The molecule has 0 aliphatic heterocycles. The van der Waals surface area contributed by atoms with E-state index >= 15 is 0 Å². The smallest absolute Gasteiger partial charge is 0.227 e. The van der Waals surface area contributed by atoms with E-state index in [4.69, 9.17) is 0 Å². The number of nitrogens with one attached hydrogen (secondary N) is 2. The Bertz CT molecular complexity index is 464. The van der Waals surface area contributed by atoms with Crippen LogP contribution in [0.3, 0.4) is 0 Å². The summed E-state index contributed by atoms with van der Waals surface area (Å²) in [6.07, 6.45) is 2.81. The van der Waals surface area contributed by atoms with E-state index in [1.165, 1.54) is 0 Å². The minimum absolute atomic E-state index is 0.00856. The molecule has 1 aromatic carbocycles. The molecule has 1 aliphatic carbocycles. The molecule has 0 aromatic heterocycles. The summed E-state index contributed by atoms with van der Waals surface area (Å²) in [5.74, 6) is 0.327. The van der Waals surface area contributed by atoms with E-state index in [0.717, 1.165) is 30.6 Å². The number of carbonyl (C=O) groups excluding carboxylic acids is 2. The maximum absolute atomic E-state index is 11.7. The Morgan fingerprint density at radius 3 is 2.16 bits per heavy atom. The van der Waals surface area contributed by atoms with Gasteiger partial charge in [-0.05, 0) is 43.5 Å². The summed E-state index contributed by atoms with van der Waals surface area (Å²) in [7, 11) is 0. The van der Waals surface area contributed by atoms with Crippen molar-refractivity contribution in [3.05, 3.63) is 24.3 Å². The molecular weight excluding hydrogens is 240 g/mol. The quantitative estimate of drug-likeness (QED) is 0.855. The zero-order valence-electron chi connectivity index (χ0n) is 11.4. The molecule has 0 spiro atoms. The Morgan fingerprint density at radius 1 is 1.16 bits per heavy atom. The first-order chi connectivity index (χ1) is 9.10. The zero-order valence-corrected chi connectivity index (χ0v) is 11.4. The second kappa shape index (κ2) is 5.87. The number of rotatable bonds is 5. The molecule has 1 aliphatic rings. The van der Waals surface area contributed by atoms with Crippen molar-refractivity contribution in [3.63, 3.8) is 0 Å². The highest BCUT2D eigenvalue weighted by Gasteiger charge is 2.29. The normalized spacial score (nSPS) is 15.7. The number of anilines is 2. The zero-order chi connectivity index (χ0) is 13.8. The van der Waals surface area contributed by atoms with Crippen molar-refractivity contribution in [1.82, 2.24) is 0 Å². The molecule has 1 saturated carbocycles. The highest BCUT2D eigenvalue weighted by molar-refractivity contribution is 5.95. The van der Waals surface area contributed by atoms with Crippen LogP contribution in [0.25, 0.3) is 0 Å². The maximum atomic E-state index is 11.7. The van der Waals surface area contributed by atoms with Crippen LogP contribution in [-0.4, -0.2) is 11.8 Å². The molecule has 4 nitrogen and oxygen atoms in total. The molecule has 102 valence electrons. The third-order valence-electron chi connectivity index (χ3n) is 3.43. The summed E-state index contributed by atoms with van der Waals surface area (Å²) in [5, 5.41) is 5.72. The van der Waals surface area contributed by atoms with E-state index in [-0.39, 0.29) is 23.7 Å². The molecule has 2 amide bonds. The number of hydrogen-bond donors (Lipinski definition) is 2. The van der Waals surface area contributed by atoms with Crippen LogP contribution in [0.15, 0.2) is 24.3 Å². The molecule has 0 heterocycles. The molecular formula is C15H20N2O2. The van der Waals surface area contributed by atoms with E-state index in [1.807, 2.05) is 38.1 Å². The second-order valence-electron chi connectivity index (χ2n) is 5.14. The Balaban J connectivity index is 1.90. The van der Waals surface area contributed by atoms with Crippen LogP contribution in [0, 0.1) is 11.8 Å². The molecule has 19 heavy (non-hydrogen) atoms. The Labute approximate surface area is 113 Å². The van der Waals surface area contributed by atoms with E-state index < -0.39 is 0 Å². The molecule has 0 bridgehead atoms. The number of amides is 2. The number of hydrogen-bond acceptors (Lipinski definition) is 2. The summed E-state index contributed by atoms with van der Waals surface area (Å²) in [5.41, 5.74) is 1.54. The van der Waals surface area contributed by atoms with Gasteiger partial charge in [-0.25, -0.2) is 0 Å². The predicted octanol–water partition coefficient (Wildman–Crippen LogP) is 3.02. The molecule has 4 heteroatoms. The van der Waals surface area contributed by atoms with Gasteiger partial charge in [0.2, 0.25) is 11.8 Å². The van der Waals surface area contributed by atoms with Crippen LogP contribution < -0.4 is 10.6 Å². The molecule has 2 rings (SSSR count). The van der Waals surface area contributed by atoms with Crippen LogP contribution in [-0.2, 0) is 9.59 Å². The fourth-order valence-corrected chi connectivity index (χ4v) is 1.68. The lowest BCUT2D eigenvalue weighted by Crippen LogP contribution is -2.19. The molecule has 2 N–H and O–H groups in total. The van der Waals surface area contributed by atoms with E-state index in [1.54, 1.807) is 0 Å². The first kappa shape index (κ1) is 13.6. The molecule has 1 unspecified atom stereocenters. The third-order valence-corrected chi connectivity index (χ3v) is 3.43. The maximum Gasteiger partial charge on any atom is 0.227 e. The first-order valence-corrected chi connectivity index (χ1v) is 6.82. The summed E-state index contributed by atoms with van der Waals surface area (Å²) < 4.78 is 0. The summed E-state index contributed by atoms with van der Waals surface area (Å²) in [4.78, 5) is 23.3. The number of benzene rings is 1. The first-order valence-electron chi connectivity index (χ1n) is 6.82. The van der Waals surface area contributed by atoms with Crippen molar-refractivity contribution in [2.75, 3.05) is 10.6 Å². The summed E-state index contributed by atoms with van der Waals surface area (Å²) in [6.45, 7) is 3.89. The second-order valence-corrected chi connectivity index (χ2v) is 5.14. The monoisotopic (exact) mass is 260 g/mol. The topological polar surface area (TPSA) is 58.2 Å². The Hall–Kier alpha value is -1.84. The van der Waals surface area contributed by atoms with Gasteiger partial charge in [0, 0.05) is 23.2 Å². The standard InChI is InChI=1S/C15H20N2O2/c1-3-10(2)14(18)16-12-6-8-13(9-7-12)17-15(19)11-4-5-11/h6-11H,3-5H2,1-2H3,(H,16,18)(H,17,19). The third kappa shape index (κ3) is 3.81. The highest BCUT2D eigenvalue weighted by Crippen LogP contribution is 2.30. The van der Waals surface area contributed by atoms with Crippen molar-refractivity contribution >= 4 is 23.2 Å². The van der Waals surface area contributed by atoms with Gasteiger partial charge in [-0.2, -0.15) is 0 Å². The van der Waals surface area contributed by atoms with Gasteiger partial charge >= 0.3 is 0 Å². The Morgan fingerprint density at radius 2 is 1.68 bits per heavy atom. The fraction of sp³-hybridized carbons (Fsp3) is 0.467. The van der Waals surface area contributed by atoms with E-state index in [0.29, 0.717) is 0 Å². The minimum atomic E-state index is 0.00856. The minimum Gasteiger partial charge on any atom is -0.326 e. The average Bonchev–Trinajstić information content (AvgIpc) is 3.24. The van der Waals surface area contributed by atoms with E-state index in [2.05, 4.69) is 10.6 Å². The fourth-order valence-electron chi connectivity index (χ4n) is 1.68. The highest BCUT2D eigenvalue weighted by atomic mass is 16.2. The summed E-state index contributed by atoms with van der Waals surface area (Å²) in [6, 6.07) is 7.24. The van der Waals surface area contributed by atoms with Gasteiger partial charge < -0.3 is 10.6 Å². The number of carbonyl (C=O) groups is 2. The van der Waals surface area contributed by atoms with Crippen LogP contribution in [0.1, 0.15) is 33.1 Å². The average molecular weight is 260 g/mol. The van der Waals surface area contributed by atoms with Crippen LogP contribution in [0.4, 0.5) is 11.4 Å². The molecule has 1 fully saturated rings. The molecule has 0 radical (unpaired) electrons. The molecule has 1 atom stereocenters. The predicted molar refractivity (Wildman–Crippen MR) is 75.9 cm³/mol. The SMILES string of the molecule is CCC(C)C(=O)Nc1ccc(NC(=O)C2CC2)cc1. The van der Waals surface area contributed by atoms with Crippen molar-refractivity contribution < 1.29 is 9.59 Å². The van der Waals surface area contributed by atoms with Gasteiger partial charge in [-0.3, -0.25) is 9.59 Å². The molecule has 0 saturated heterocycles. The van der Waals surface area contributed by atoms with E-state index in [9.17, 15) is 9.59 Å². The van der Waals surface area contributed by atoms with Gasteiger partial charge in [-0.1, -0.05) is 13.8 Å². The van der Waals surface area contributed by atoms with Gasteiger partial charge in [0.1, 0.15) is 0 Å². The Kier molecular flexibility index (Phi) is 4.20. The van der Waals surface area contributed by atoms with Gasteiger partial charge in [0.05, 0.1) is 0 Å². The van der Waals surface area contributed by atoms with Gasteiger partial charge in [0.15, 0.2) is 0 Å². The molecule has 1 aromatic rings. The summed E-state index contributed by atoms with van der Waals surface area (Å²) >= 11 is 0. The van der Waals surface area contributed by atoms with Crippen molar-refractivity contribution in [1.29, 1.82) is 0 Å². The van der Waals surface area contributed by atoms with Crippen LogP contribution >= 0.6 is 0 Å². The van der Waals surface area contributed by atoms with Crippen LogP contribution in [0.5, 0.6) is 0 Å². The van der Waals surface area contributed by atoms with Gasteiger partial charge in [0.25, 0.3) is 0 Å². The van der Waals surface area contributed by atoms with Crippen molar-refractivity contribution in [2.24, 2.45) is 11.8 Å². The largest absolute Gasteiger partial charge is 0.326 e. The lowest BCUT2D eigenvalue weighted by Gasteiger charge is -2.10. The van der Waals surface area contributed by atoms with Gasteiger partial charge in [-0.15, -0.1) is 0 Å². The lowest BCUT2D eigenvalue weighted by atomic mass is 10.1. The lowest BCUT2D eigenvalue weighted by molar-refractivity contribution is -0.119. The van der Waals surface area contributed by atoms with Crippen molar-refractivity contribution in [3.8, 4) is 0 Å².